The van der Waals surface area contributed by atoms with Gasteiger partial charge in [-0.25, -0.2) is 0 Å². The van der Waals surface area contributed by atoms with E-state index in [-0.39, 0.29) is 0 Å². The van der Waals surface area contributed by atoms with Crippen molar-refractivity contribution in [3.8, 4) is 0 Å². The van der Waals surface area contributed by atoms with Crippen molar-refractivity contribution in [1.29, 1.82) is 0 Å². The van der Waals surface area contributed by atoms with Gasteiger partial charge in [-0.1, -0.05) is 51.7 Å². The predicted molar refractivity (Wildman–Crippen MR) is 102 cm³/mol. The molecule has 3 heteroatoms. The van der Waals surface area contributed by atoms with Crippen molar-refractivity contribution in [2.45, 2.75) is 73.1 Å². The first-order valence-corrected chi connectivity index (χ1v) is 8.56. The maximum Gasteiger partial charge on any atom is 0.0442 e. The Bertz CT molecular complexity index is 497. The van der Waals surface area contributed by atoms with Crippen LogP contribution in [-0.2, 0) is 0 Å². The van der Waals surface area contributed by atoms with Crippen LogP contribution in [0.15, 0.2) is 51.7 Å². The second-order valence-corrected chi connectivity index (χ2v) is 6.46. The van der Waals surface area contributed by atoms with Gasteiger partial charge in [0.15, 0.2) is 0 Å². The molecular weight excluding hydrogens is 282 g/mol. The number of rotatable bonds is 11. The molecule has 0 unspecified atom stereocenters. The van der Waals surface area contributed by atoms with Crippen LogP contribution in [0.25, 0.3) is 10.4 Å². The van der Waals surface area contributed by atoms with Gasteiger partial charge in [-0.3, -0.25) is 0 Å². The summed E-state index contributed by atoms with van der Waals surface area (Å²) in [6, 6.07) is 0. The van der Waals surface area contributed by atoms with Gasteiger partial charge in [0.25, 0.3) is 0 Å². The zero-order chi connectivity index (χ0) is 17.5. The fourth-order valence-electron chi connectivity index (χ4n) is 2.22. The lowest BCUT2D eigenvalue weighted by molar-refractivity contribution is 0.898. The third-order valence-corrected chi connectivity index (χ3v) is 3.74. The number of azide groups is 1. The van der Waals surface area contributed by atoms with Crippen molar-refractivity contribution in [3.63, 3.8) is 0 Å². The number of hydrogen-bond acceptors (Lipinski definition) is 1. The average Bonchev–Trinajstić information content (AvgIpc) is 2.47. The van der Waals surface area contributed by atoms with Gasteiger partial charge in [0.05, 0.1) is 0 Å². The summed E-state index contributed by atoms with van der Waals surface area (Å²) < 4.78 is 0. The first kappa shape index (κ1) is 21.3. The standard InChI is InChI=1S/C20H33N3/c1-17(2)9-6-10-18(3)11-7-12-19(4)13-8-14-20(5)15-16-22-23-21/h9,11,13,15H,6-8,10,12,14,16H2,1-5H3/b18-11+,19-13+,20-15+. The van der Waals surface area contributed by atoms with Crippen LogP contribution >= 0.6 is 0 Å². The maximum atomic E-state index is 8.23. The lowest BCUT2D eigenvalue weighted by Gasteiger charge is -2.02. The Morgan fingerprint density at radius 3 is 1.61 bits per heavy atom. The molecule has 0 heterocycles. The van der Waals surface area contributed by atoms with Crippen LogP contribution in [0.3, 0.4) is 0 Å². The van der Waals surface area contributed by atoms with Crippen LogP contribution in [0, 0.1) is 0 Å². The minimum absolute atomic E-state index is 0.460. The fraction of sp³-hybridized carbons (Fsp3) is 0.600. The fourth-order valence-corrected chi connectivity index (χ4v) is 2.22. The zero-order valence-electron chi connectivity index (χ0n) is 15.6. The van der Waals surface area contributed by atoms with Gasteiger partial charge in [-0.2, -0.15) is 0 Å². The topological polar surface area (TPSA) is 48.8 Å². The lowest BCUT2D eigenvalue weighted by Crippen LogP contribution is -1.82. The second kappa shape index (κ2) is 13.9. The largest absolute Gasteiger partial charge is 0.0899 e. The van der Waals surface area contributed by atoms with E-state index >= 15 is 0 Å². The number of nitrogens with zero attached hydrogens (tertiary/aromatic N) is 3. The molecule has 0 spiro atoms. The molecule has 0 aromatic rings. The lowest BCUT2D eigenvalue weighted by atomic mass is 10.0. The summed E-state index contributed by atoms with van der Waals surface area (Å²) in [7, 11) is 0. The molecule has 0 amide bonds. The number of hydrogen-bond donors (Lipinski definition) is 0. The van der Waals surface area contributed by atoms with E-state index in [1.807, 2.05) is 6.08 Å². The molecule has 0 aromatic carbocycles. The average molecular weight is 316 g/mol. The van der Waals surface area contributed by atoms with Crippen LogP contribution in [0.4, 0.5) is 0 Å². The first-order chi connectivity index (χ1) is 11.0. The summed E-state index contributed by atoms with van der Waals surface area (Å²) in [6.07, 6.45) is 15.7. The van der Waals surface area contributed by atoms with E-state index in [1.165, 1.54) is 28.7 Å². The smallest absolute Gasteiger partial charge is 0.0442 e. The predicted octanol–water partition coefficient (Wildman–Crippen LogP) is 7.44. The molecule has 3 nitrogen and oxygen atoms in total. The second-order valence-electron chi connectivity index (χ2n) is 6.46. The molecule has 23 heavy (non-hydrogen) atoms. The summed E-state index contributed by atoms with van der Waals surface area (Å²) in [5.74, 6) is 0. The van der Waals surface area contributed by atoms with Crippen molar-refractivity contribution in [1.82, 2.24) is 0 Å². The molecule has 0 rings (SSSR count). The van der Waals surface area contributed by atoms with E-state index in [0.717, 1.165) is 32.1 Å². The molecular formula is C20H33N3. The molecule has 0 radical (unpaired) electrons. The highest BCUT2D eigenvalue weighted by molar-refractivity contribution is 5.07. The van der Waals surface area contributed by atoms with E-state index in [1.54, 1.807) is 0 Å². The minimum Gasteiger partial charge on any atom is -0.0899 e. The highest BCUT2D eigenvalue weighted by Gasteiger charge is 1.93. The van der Waals surface area contributed by atoms with E-state index in [2.05, 4.69) is 62.9 Å². The van der Waals surface area contributed by atoms with Gasteiger partial charge >= 0.3 is 0 Å². The summed E-state index contributed by atoms with van der Waals surface area (Å²) in [5.41, 5.74) is 13.9. The molecule has 0 aromatic heterocycles. The highest BCUT2D eigenvalue weighted by atomic mass is 15.1. The molecule has 0 saturated carbocycles. The Hall–Kier alpha value is -1.73. The SMILES string of the molecule is CC(C)=CCC/C(C)=C/CC/C(C)=C/CC/C(C)=C/CN=[N+]=[N-]. The molecule has 128 valence electrons. The summed E-state index contributed by atoms with van der Waals surface area (Å²) in [5, 5.41) is 3.52. The van der Waals surface area contributed by atoms with Crippen LogP contribution in [0.2, 0.25) is 0 Å². The number of allylic oxidation sites excluding steroid dienone is 7. The van der Waals surface area contributed by atoms with Crippen molar-refractivity contribution in [2.75, 3.05) is 6.54 Å². The van der Waals surface area contributed by atoms with Gasteiger partial charge in [0, 0.05) is 11.5 Å². The van der Waals surface area contributed by atoms with Crippen LogP contribution in [0.1, 0.15) is 73.1 Å². The monoisotopic (exact) mass is 315 g/mol. The van der Waals surface area contributed by atoms with Crippen molar-refractivity contribution < 1.29 is 0 Å². The normalized spacial score (nSPS) is 12.8. The summed E-state index contributed by atoms with van der Waals surface area (Å²) in [6.45, 7) is 11.3. The third-order valence-electron chi connectivity index (χ3n) is 3.74. The molecule has 0 aliphatic carbocycles. The van der Waals surface area contributed by atoms with Gasteiger partial charge in [-0.15, -0.1) is 0 Å². The summed E-state index contributed by atoms with van der Waals surface area (Å²) in [4.78, 5) is 2.75. The highest BCUT2D eigenvalue weighted by Crippen LogP contribution is 2.13. The van der Waals surface area contributed by atoms with Crippen LogP contribution in [-0.4, -0.2) is 6.54 Å². The molecule has 0 N–H and O–H groups in total. The minimum atomic E-state index is 0.460. The summed E-state index contributed by atoms with van der Waals surface area (Å²) >= 11 is 0. The Kier molecular flexibility index (Phi) is 12.9. The van der Waals surface area contributed by atoms with E-state index in [4.69, 9.17) is 5.53 Å². The maximum absolute atomic E-state index is 8.23. The molecule has 0 bridgehead atoms. The van der Waals surface area contributed by atoms with Crippen LogP contribution in [0.5, 0.6) is 0 Å². The Morgan fingerprint density at radius 1 is 0.739 bits per heavy atom. The molecule has 0 saturated heterocycles. The van der Waals surface area contributed by atoms with Crippen LogP contribution < -0.4 is 0 Å². The van der Waals surface area contributed by atoms with Gasteiger partial charge in [0.2, 0.25) is 0 Å². The van der Waals surface area contributed by atoms with Gasteiger partial charge in [-0.05, 0) is 78.7 Å². The van der Waals surface area contributed by atoms with Crippen molar-refractivity contribution >= 4 is 0 Å². The van der Waals surface area contributed by atoms with E-state index in [9.17, 15) is 0 Å². The Labute approximate surface area is 142 Å². The zero-order valence-corrected chi connectivity index (χ0v) is 15.6. The van der Waals surface area contributed by atoms with Crippen molar-refractivity contribution in [3.05, 3.63) is 57.0 Å². The first-order valence-electron chi connectivity index (χ1n) is 8.56. The van der Waals surface area contributed by atoms with Gasteiger partial charge < -0.3 is 0 Å². The Morgan fingerprint density at radius 2 is 1.17 bits per heavy atom. The van der Waals surface area contributed by atoms with E-state index < -0.39 is 0 Å². The molecule has 0 atom stereocenters. The quantitative estimate of drug-likeness (QED) is 0.165. The third kappa shape index (κ3) is 15.0. The van der Waals surface area contributed by atoms with E-state index in [0.29, 0.717) is 6.54 Å². The van der Waals surface area contributed by atoms with Gasteiger partial charge in [0.1, 0.15) is 0 Å². The van der Waals surface area contributed by atoms with Crippen molar-refractivity contribution in [2.24, 2.45) is 5.11 Å². The molecule has 0 fully saturated rings. The Balaban J connectivity index is 4.00. The molecule has 0 aliphatic heterocycles. The molecule has 0 aliphatic rings.